The summed E-state index contributed by atoms with van der Waals surface area (Å²) in [6.45, 7) is 2.82. The summed E-state index contributed by atoms with van der Waals surface area (Å²) in [5.41, 5.74) is 0.894. The molecule has 0 saturated carbocycles. The number of hydrogen-bond donors (Lipinski definition) is 1. The van der Waals surface area contributed by atoms with Crippen LogP contribution in [-0.4, -0.2) is 37.5 Å². The highest BCUT2D eigenvalue weighted by atomic mass is 32.2. The minimum atomic E-state index is -3.18. The Bertz CT molecular complexity index is 892. The van der Waals surface area contributed by atoms with E-state index in [2.05, 4.69) is 5.32 Å². The van der Waals surface area contributed by atoms with Crippen molar-refractivity contribution in [2.75, 3.05) is 18.8 Å². The van der Waals surface area contributed by atoms with Crippen molar-refractivity contribution in [3.8, 4) is 11.5 Å². The fourth-order valence-electron chi connectivity index (χ4n) is 3.27. The normalized spacial score (nSPS) is 15.9. The maximum atomic E-state index is 12.5. The zero-order valence-corrected chi connectivity index (χ0v) is 16.8. The zero-order valence-electron chi connectivity index (χ0n) is 16.0. The molecule has 0 aromatic heterocycles. The second-order valence-electron chi connectivity index (χ2n) is 6.81. The molecule has 1 aliphatic heterocycles. The molecule has 3 rings (SSSR count). The molecule has 0 atom stereocenters. The molecule has 150 valence electrons. The average Bonchev–Trinajstić information content (AvgIpc) is 2.74. The van der Waals surface area contributed by atoms with Crippen LogP contribution >= 0.6 is 0 Å². The molecule has 28 heavy (non-hydrogen) atoms. The van der Waals surface area contributed by atoms with Crippen molar-refractivity contribution >= 4 is 15.9 Å². The number of carbonyl (C=O) groups excluding carboxylic acids is 1. The summed E-state index contributed by atoms with van der Waals surface area (Å²) in [6, 6.07) is 17.1. The molecular formula is C21H26N2O4S. The maximum absolute atomic E-state index is 12.5. The molecule has 7 heteroatoms. The number of carbonyl (C=O) groups is 1. The van der Waals surface area contributed by atoms with E-state index in [0.717, 1.165) is 11.3 Å². The van der Waals surface area contributed by atoms with Crippen LogP contribution in [0, 0.1) is 5.92 Å². The Labute approximate surface area is 166 Å². The van der Waals surface area contributed by atoms with Crippen molar-refractivity contribution in [1.29, 1.82) is 0 Å². The van der Waals surface area contributed by atoms with E-state index in [4.69, 9.17) is 4.74 Å². The number of amides is 1. The third kappa shape index (κ3) is 5.11. The van der Waals surface area contributed by atoms with Gasteiger partial charge in [0.05, 0.1) is 5.75 Å². The largest absolute Gasteiger partial charge is 0.457 e. The van der Waals surface area contributed by atoms with Crippen LogP contribution in [0.1, 0.15) is 25.3 Å². The van der Waals surface area contributed by atoms with Crippen molar-refractivity contribution in [1.82, 2.24) is 9.62 Å². The smallest absolute Gasteiger partial charge is 0.223 e. The summed E-state index contributed by atoms with van der Waals surface area (Å²) >= 11 is 0. The summed E-state index contributed by atoms with van der Waals surface area (Å²) in [5.74, 6) is 1.35. The molecule has 0 bridgehead atoms. The molecule has 0 spiro atoms. The highest BCUT2D eigenvalue weighted by Gasteiger charge is 2.30. The topological polar surface area (TPSA) is 75.7 Å². The maximum Gasteiger partial charge on any atom is 0.223 e. The lowest BCUT2D eigenvalue weighted by Gasteiger charge is -2.30. The molecule has 1 heterocycles. The van der Waals surface area contributed by atoms with Crippen molar-refractivity contribution in [2.45, 2.75) is 26.3 Å². The number of sulfonamides is 1. The predicted octanol–water partition coefficient (Wildman–Crippen LogP) is 3.16. The van der Waals surface area contributed by atoms with Crippen LogP contribution in [0.25, 0.3) is 0 Å². The van der Waals surface area contributed by atoms with E-state index in [0.29, 0.717) is 38.2 Å². The van der Waals surface area contributed by atoms with Crippen LogP contribution in [0.5, 0.6) is 11.5 Å². The number of para-hydroxylation sites is 2. The van der Waals surface area contributed by atoms with E-state index in [1.54, 1.807) is 6.92 Å². The van der Waals surface area contributed by atoms with Gasteiger partial charge >= 0.3 is 0 Å². The van der Waals surface area contributed by atoms with Gasteiger partial charge in [-0.1, -0.05) is 36.4 Å². The van der Waals surface area contributed by atoms with Crippen molar-refractivity contribution in [3.63, 3.8) is 0 Å². The Morgan fingerprint density at radius 3 is 2.39 bits per heavy atom. The van der Waals surface area contributed by atoms with Crippen LogP contribution in [0.3, 0.4) is 0 Å². The van der Waals surface area contributed by atoms with Crippen LogP contribution in [0.15, 0.2) is 54.6 Å². The monoisotopic (exact) mass is 402 g/mol. The second kappa shape index (κ2) is 9.21. The average molecular weight is 403 g/mol. The van der Waals surface area contributed by atoms with Gasteiger partial charge in [0, 0.05) is 31.1 Å². The zero-order chi connectivity index (χ0) is 20.0. The van der Waals surface area contributed by atoms with Crippen LogP contribution in [0.4, 0.5) is 0 Å². The molecule has 1 aliphatic rings. The summed E-state index contributed by atoms with van der Waals surface area (Å²) in [6.07, 6.45) is 1.10. The molecule has 0 unspecified atom stereocenters. The Balaban J connectivity index is 1.56. The third-order valence-electron chi connectivity index (χ3n) is 4.98. The number of hydrogen-bond acceptors (Lipinski definition) is 4. The van der Waals surface area contributed by atoms with Gasteiger partial charge in [0.15, 0.2) is 0 Å². The summed E-state index contributed by atoms with van der Waals surface area (Å²) < 4.78 is 31.3. The van der Waals surface area contributed by atoms with E-state index in [1.165, 1.54) is 4.31 Å². The van der Waals surface area contributed by atoms with E-state index in [1.807, 2.05) is 54.6 Å². The number of piperidine rings is 1. The number of nitrogens with zero attached hydrogens (tertiary/aromatic N) is 1. The number of rotatable bonds is 7. The Hall–Kier alpha value is -2.38. The van der Waals surface area contributed by atoms with Gasteiger partial charge in [-0.15, -0.1) is 0 Å². The van der Waals surface area contributed by atoms with Gasteiger partial charge in [-0.3, -0.25) is 4.79 Å². The van der Waals surface area contributed by atoms with Gasteiger partial charge in [-0.25, -0.2) is 12.7 Å². The van der Waals surface area contributed by atoms with Crippen molar-refractivity contribution in [2.24, 2.45) is 5.92 Å². The molecule has 2 aromatic rings. The minimum absolute atomic E-state index is 0.0388. The first-order chi connectivity index (χ1) is 13.5. The highest BCUT2D eigenvalue weighted by Crippen LogP contribution is 2.25. The van der Waals surface area contributed by atoms with Gasteiger partial charge < -0.3 is 10.1 Å². The quantitative estimate of drug-likeness (QED) is 0.772. The second-order valence-corrected chi connectivity index (χ2v) is 9.07. The predicted molar refractivity (Wildman–Crippen MR) is 109 cm³/mol. The molecule has 0 radical (unpaired) electrons. The van der Waals surface area contributed by atoms with E-state index >= 15 is 0 Å². The van der Waals surface area contributed by atoms with Crippen LogP contribution in [-0.2, 0) is 21.4 Å². The Morgan fingerprint density at radius 1 is 1.07 bits per heavy atom. The molecule has 0 aliphatic carbocycles. The van der Waals surface area contributed by atoms with Gasteiger partial charge in [-0.2, -0.15) is 0 Å². The lowest BCUT2D eigenvalue weighted by atomic mass is 9.97. The molecule has 1 fully saturated rings. The summed E-state index contributed by atoms with van der Waals surface area (Å²) in [4.78, 5) is 12.5. The van der Waals surface area contributed by atoms with Crippen LogP contribution < -0.4 is 10.1 Å². The Morgan fingerprint density at radius 2 is 1.71 bits per heavy atom. The summed E-state index contributed by atoms with van der Waals surface area (Å²) in [7, 11) is -3.18. The molecular weight excluding hydrogens is 376 g/mol. The fraction of sp³-hybridized carbons (Fsp3) is 0.381. The van der Waals surface area contributed by atoms with E-state index in [9.17, 15) is 13.2 Å². The SMILES string of the molecule is CCS(=O)(=O)N1CCC(C(=O)NCc2ccccc2Oc2ccccc2)CC1. The van der Waals surface area contributed by atoms with Gasteiger partial charge in [0.1, 0.15) is 11.5 Å². The van der Waals surface area contributed by atoms with Gasteiger partial charge in [0.25, 0.3) is 0 Å². The first kappa shape index (κ1) is 20.4. The van der Waals surface area contributed by atoms with E-state index < -0.39 is 10.0 Å². The fourth-order valence-corrected chi connectivity index (χ4v) is 4.40. The lowest BCUT2D eigenvalue weighted by Crippen LogP contribution is -2.43. The standard InChI is InChI=1S/C21H26N2O4S/c1-2-28(25,26)23-14-12-17(13-15-23)21(24)22-16-18-8-6-7-11-20(18)27-19-9-4-3-5-10-19/h3-11,17H,2,12-16H2,1H3,(H,22,24). The van der Waals surface area contributed by atoms with Gasteiger partial charge in [-0.05, 0) is 38.0 Å². The molecule has 2 aromatic carbocycles. The van der Waals surface area contributed by atoms with Crippen molar-refractivity contribution in [3.05, 3.63) is 60.2 Å². The molecule has 1 N–H and O–H groups in total. The third-order valence-corrected chi connectivity index (χ3v) is 6.86. The van der Waals surface area contributed by atoms with Crippen LogP contribution in [0.2, 0.25) is 0 Å². The first-order valence-corrected chi connectivity index (χ1v) is 11.2. The minimum Gasteiger partial charge on any atom is -0.457 e. The van der Waals surface area contributed by atoms with Gasteiger partial charge in [0.2, 0.25) is 15.9 Å². The molecule has 6 nitrogen and oxygen atoms in total. The van der Waals surface area contributed by atoms with E-state index in [-0.39, 0.29) is 17.6 Å². The lowest BCUT2D eigenvalue weighted by molar-refractivity contribution is -0.126. The number of nitrogens with one attached hydrogen (secondary N) is 1. The highest BCUT2D eigenvalue weighted by molar-refractivity contribution is 7.89. The molecule has 1 saturated heterocycles. The Kier molecular flexibility index (Phi) is 6.70. The molecule has 1 amide bonds. The number of ether oxygens (including phenoxy) is 1. The summed E-state index contributed by atoms with van der Waals surface area (Å²) in [5, 5.41) is 2.98. The van der Waals surface area contributed by atoms with Crippen molar-refractivity contribution < 1.29 is 17.9 Å². The number of benzene rings is 2. The first-order valence-electron chi connectivity index (χ1n) is 9.56.